The summed E-state index contributed by atoms with van der Waals surface area (Å²) in [6.45, 7) is 1.84. The fourth-order valence-corrected chi connectivity index (χ4v) is 2.04. The number of carbonyl (C=O) groups is 1. The van der Waals surface area contributed by atoms with E-state index in [4.69, 9.17) is 27.6 Å². The van der Waals surface area contributed by atoms with Gasteiger partial charge in [-0.3, -0.25) is 4.79 Å². The molecule has 2 rings (SSSR count). The van der Waals surface area contributed by atoms with Gasteiger partial charge in [-0.15, -0.1) is 0 Å². The van der Waals surface area contributed by atoms with E-state index in [9.17, 15) is 4.79 Å². The van der Waals surface area contributed by atoms with E-state index >= 15 is 0 Å². The number of furan rings is 1. The lowest BCUT2D eigenvalue weighted by Gasteiger charge is -2.03. The van der Waals surface area contributed by atoms with Crippen LogP contribution in [0.1, 0.15) is 11.5 Å². The second-order valence-electron chi connectivity index (χ2n) is 3.93. The first kappa shape index (κ1) is 13.7. The molecule has 98 valence electrons. The smallest absolute Gasteiger partial charge is 0.248 e. The van der Waals surface area contributed by atoms with Crippen LogP contribution >= 0.6 is 23.2 Å². The molecule has 0 saturated heterocycles. The second kappa shape index (κ2) is 5.95. The first-order valence-electron chi connectivity index (χ1n) is 5.54. The maximum atomic E-state index is 11.7. The van der Waals surface area contributed by atoms with E-state index in [1.807, 2.05) is 13.0 Å². The van der Waals surface area contributed by atoms with Crippen LogP contribution in [0, 0.1) is 6.92 Å². The number of nitrogens with one attached hydrogen (secondary N) is 1. The van der Waals surface area contributed by atoms with E-state index in [-0.39, 0.29) is 5.91 Å². The van der Waals surface area contributed by atoms with Crippen molar-refractivity contribution in [3.8, 4) is 0 Å². The van der Waals surface area contributed by atoms with Crippen LogP contribution in [0.2, 0.25) is 10.0 Å². The monoisotopic (exact) mass is 295 g/mol. The van der Waals surface area contributed by atoms with E-state index < -0.39 is 0 Å². The van der Waals surface area contributed by atoms with Crippen LogP contribution < -0.4 is 5.32 Å². The summed E-state index contributed by atoms with van der Waals surface area (Å²) in [7, 11) is 0. The molecular weight excluding hydrogens is 285 g/mol. The van der Waals surface area contributed by atoms with Gasteiger partial charge in [0.2, 0.25) is 5.91 Å². The van der Waals surface area contributed by atoms with Crippen molar-refractivity contribution in [2.45, 2.75) is 6.92 Å². The molecule has 0 radical (unpaired) electrons. The molecule has 2 aromatic rings. The summed E-state index contributed by atoms with van der Waals surface area (Å²) in [5.41, 5.74) is 0.544. The highest BCUT2D eigenvalue weighted by molar-refractivity contribution is 6.35. The summed E-state index contributed by atoms with van der Waals surface area (Å²) in [6, 6.07) is 8.45. The Morgan fingerprint density at radius 1 is 1.21 bits per heavy atom. The lowest BCUT2D eigenvalue weighted by atomic mass is 10.3. The van der Waals surface area contributed by atoms with Gasteiger partial charge < -0.3 is 9.73 Å². The van der Waals surface area contributed by atoms with E-state index in [0.29, 0.717) is 21.5 Å². The molecule has 0 aliphatic heterocycles. The predicted molar refractivity (Wildman–Crippen MR) is 77.6 cm³/mol. The van der Waals surface area contributed by atoms with Gasteiger partial charge in [0.25, 0.3) is 0 Å². The molecular formula is C14H11Cl2NO2. The van der Waals surface area contributed by atoms with Crippen molar-refractivity contribution >= 4 is 40.9 Å². The zero-order valence-corrected chi connectivity index (χ0v) is 11.6. The van der Waals surface area contributed by atoms with E-state index in [1.54, 1.807) is 30.3 Å². The van der Waals surface area contributed by atoms with Gasteiger partial charge in [-0.2, -0.15) is 0 Å². The first-order valence-corrected chi connectivity index (χ1v) is 6.30. The van der Waals surface area contributed by atoms with Crippen LogP contribution in [0.5, 0.6) is 0 Å². The van der Waals surface area contributed by atoms with Crippen molar-refractivity contribution in [3.05, 3.63) is 58.0 Å². The quantitative estimate of drug-likeness (QED) is 0.844. The van der Waals surface area contributed by atoms with Gasteiger partial charge in [0.1, 0.15) is 11.5 Å². The third-order valence-electron chi connectivity index (χ3n) is 2.29. The molecule has 0 atom stereocenters. The summed E-state index contributed by atoms with van der Waals surface area (Å²) in [5, 5.41) is 3.60. The maximum absolute atomic E-state index is 11.7. The van der Waals surface area contributed by atoms with Crippen LogP contribution in [-0.4, -0.2) is 5.91 Å². The predicted octanol–water partition coefficient (Wildman–Crippen LogP) is 4.55. The number of hydrogen-bond acceptors (Lipinski definition) is 2. The number of halogens is 2. The molecule has 1 aromatic carbocycles. The van der Waals surface area contributed by atoms with Crippen molar-refractivity contribution in [3.63, 3.8) is 0 Å². The molecule has 0 fully saturated rings. The molecule has 19 heavy (non-hydrogen) atoms. The summed E-state index contributed by atoms with van der Waals surface area (Å²) in [4.78, 5) is 11.7. The summed E-state index contributed by atoms with van der Waals surface area (Å²) in [6.07, 6.45) is 2.97. The lowest BCUT2D eigenvalue weighted by molar-refractivity contribution is -0.111. The Balaban J connectivity index is 2.03. The van der Waals surface area contributed by atoms with Gasteiger partial charge in [0.05, 0.1) is 0 Å². The number of aryl methyl sites for hydroxylation is 1. The molecule has 0 saturated carbocycles. The van der Waals surface area contributed by atoms with Crippen molar-refractivity contribution in [2.75, 3.05) is 5.32 Å². The largest absolute Gasteiger partial charge is 0.462 e. The Hall–Kier alpha value is -1.71. The van der Waals surface area contributed by atoms with Crippen LogP contribution in [0.25, 0.3) is 6.08 Å². The number of amides is 1. The highest BCUT2D eigenvalue weighted by Crippen LogP contribution is 2.22. The number of carbonyl (C=O) groups excluding carboxylic acids is 1. The van der Waals surface area contributed by atoms with Gasteiger partial charge in [0.15, 0.2) is 0 Å². The number of hydrogen-bond donors (Lipinski definition) is 1. The molecule has 0 aliphatic rings. The number of rotatable bonds is 3. The standard InChI is InChI=1S/C14H11Cl2NO2/c1-9-2-3-13(19-9)4-5-14(18)17-12-7-10(15)6-11(16)8-12/h2-8H,1H3,(H,17,18). The third-order valence-corrected chi connectivity index (χ3v) is 2.73. The summed E-state index contributed by atoms with van der Waals surface area (Å²) in [5.74, 6) is 1.13. The van der Waals surface area contributed by atoms with Gasteiger partial charge in [-0.1, -0.05) is 23.2 Å². The van der Waals surface area contributed by atoms with Gasteiger partial charge in [0, 0.05) is 21.8 Å². The Labute approximate surface area is 120 Å². The fourth-order valence-electron chi connectivity index (χ4n) is 1.51. The Bertz CT molecular complexity index is 612. The van der Waals surface area contributed by atoms with Crippen molar-refractivity contribution in [1.82, 2.24) is 0 Å². The van der Waals surface area contributed by atoms with E-state index in [0.717, 1.165) is 5.76 Å². The van der Waals surface area contributed by atoms with Crippen LogP contribution in [0.15, 0.2) is 40.8 Å². The third kappa shape index (κ3) is 4.16. The lowest BCUT2D eigenvalue weighted by Crippen LogP contribution is -2.07. The van der Waals surface area contributed by atoms with Crippen LogP contribution in [-0.2, 0) is 4.79 Å². The molecule has 1 aromatic heterocycles. The minimum atomic E-state index is -0.285. The molecule has 0 unspecified atom stereocenters. The number of benzene rings is 1. The normalized spacial score (nSPS) is 10.9. The Kier molecular flexibility index (Phi) is 4.30. The minimum Gasteiger partial charge on any atom is -0.462 e. The average molecular weight is 296 g/mol. The Morgan fingerprint density at radius 3 is 2.47 bits per heavy atom. The van der Waals surface area contributed by atoms with Gasteiger partial charge in [-0.05, 0) is 43.3 Å². The molecule has 1 amide bonds. The zero-order chi connectivity index (χ0) is 13.8. The zero-order valence-electron chi connectivity index (χ0n) is 10.1. The topological polar surface area (TPSA) is 42.2 Å². The van der Waals surface area contributed by atoms with Crippen molar-refractivity contribution in [2.24, 2.45) is 0 Å². The van der Waals surface area contributed by atoms with Crippen LogP contribution in [0.4, 0.5) is 5.69 Å². The van der Waals surface area contributed by atoms with Gasteiger partial charge in [-0.25, -0.2) is 0 Å². The molecule has 0 aliphatic carbocycles. The maximum Gasteiger partial charge on any atom is 0.248 e. The second-order valence-corrected chi connectivity index (χ2v) is 4.80. The van der Waals surface area contributed by atoms with Crippen molar-refractivity contribution < 1.29 is 9.21 Å². The SMILES string of the molecule is Cc1ccc(C=CC(=O)Nc2cc(Cl)cc(Cl)c2)o1. The first-order chi connectivity index (χ1) is 9.02. The van der Waals surface area contributed by atoms with Gasteiger partial charge >= 0.3 is 0 Å². The minimum absolute atomic E-state index is 0.285. The van der Waals surface area contributed by atoms with E-state index in [1.165, 1.54) is 6.08 Å². The molecule has 5 heteroatoms. The van der Waals surface area contributed by atoms with E-state index in [2.05, 4.69) is 5.32 Å². The number of anilines is 1. The van der Waals surface area contributed by atoms with Crippen LogP contribution in [0.3, 0.4) is 0 Å². The highest BCUT2D eigenvalue weighted by atomic mass is 35.5. The van der Waals surface area contributed by atoms with Crippen molar-refractivity contribution in [1.29, 1.82) is 0 Å². The highest BCUT2D eigenvalue weighted by Gasteiger charge is 2.02. The molecule has 3 nitrogen and oxygen atoms in total. The fraction of sp³-hybridized carbons (Fsp3) is 0.0714. The molecule has 0 spiro atoms. The summed E-state index contributed by atoms with van der Waals surface area (Å²) >= 11 is 11.7. The average Bonchev–Trinajstić information content (AvgIpc) is 2.71. The molecule has 1 N–H and O–H groups in total. The molecule has 0 bridgehead atoms. The Morgan fingerprint density at radius 2 is 1.89 bits per heavy atom. The molecule has 1 heterocycles. The summed E-state index contributed by atoms with van der Waals surface area (Å²) < 4.78 is 5.31.